The quantitative estimate of drug-likeness (QED) is 0.326. The first-order valence-corrected chi connectivity index (χ1v) is 7.73. The lowest BCUT2D eigenvalue weighted by atomic mass is 10.2. The third-order valence-corrected chi connectivity index (χ3v) is 3.11. The van der Waals surface area contributed by atoms with Gasteiger partial charge >= 0.3 is 5.97 Å². The molecule has 4 heteroatoms. The molecule has 0 aromatic heterocycles. The van der Waals surface area contributed by atoms with Gasteiger partial charge in [-0.1, -0.05) is 13.3 Å². The highest BCUT2D eigenvalue weighted by Crippen LogP contribution is 2.18. The van der Waals surface area contributed by atoms with Crippen LogP contribution in [0.15, 0.2) is 53.5 Å². The average Bonchev–Trinajstić information content (AvgIpc) is 2.55. The van der Waals surface area contributed by atoms with Crippen LogP contribution >= 0.6 is 0 Å². The summed E-state index contributed by atoms with van der Waals surface area (Å²) in [5.74, 6) is 1.06. The zero-order valence-electron chi connectivity index (χ0n) is 13.5. The first-order valence-electron chi connectivity index (χ1n) is 7.73. The molecule has 0 aliphatic carbocycles. The summed E-state index contributed by atoms with van der Waals surface area (Å²) in [6.07, 6.45) is 3.98. The minimum atomic E-state index is -0.331. The summed E-state index contributed by atoms with van der Waals surface area (Å²) in [5, 5.41) is 0. The van der Waals surface area contributed by atoms with Gasteiger partial charge in [0.15, 0.2) is 0 Å². The predicted octanol–water partition coefficient (Wildman–Crippen LogP) is 4.54. The van der Waals surface area contributed by atoms with E-state index in [2.05, 4.69) is 11.9 Å². The first kappa shape index (κ1) is 16.7. The number of aliphatic imine (C=N–C) groups is 1. The van der Waals surface area contributed by atoms with Gasteiger partial charge in [-0.05, 0) is 60.5 Å². The van der Waals surface area contributed by atoms with Gasteiger partial charge in [0.25, 0.3) is 0 Å². The molecule has 0 radical (unpaired) electrons. The topological polar surface area (TPSA) is 47.9 Å². The van der Waals surface area contributed by atoms with E-state index >= 15 is 0 Å². The van der Waals surface area contributed by atoms with Crippen LogP contribution in [0.1, 0.15) is 32.3 Å². The Morgan fingerprint density at radius 3 is 2.30 bits per heavy atom. The molecule has 0 amide bonds. The van der Waals surface area contributed by atoms with Crippen molar-refractivity contribution in [2.45, 2.75) is 26.7 Å². The molecular weight excluding hydrogens is 290 g/mol. The van der Waals surface area contributed by atoms with Crippen LogP contribution in [-0.2, 0) is 4.79 Å². The molecule has 120 valence electrons. The van der Waals surface area contributed by atoms with E-state index in [4.69, 9.17) is 9.47 Å². The van der Waals surface area contributed by atoms with E-state index < -0.39 is 0 Å². The third kappa shape index (κ3) is 5.94. The predicted molar refractivity (Wildman–Crippen MR) is 91.9 cm³/mol. The van der Waals surface area contributed by atoms with Crippen molar-refractivity contribution >= 4 is 17.9 Å². The molecule has 0 saturated heterocycles. The fourth-order valence-corrected chi connectivity index (χ4v) is 1.90. The van der Waals surface area contributed by atoms with Gasteiger partial charge in [0.1, 0.15) is 11.5 Å². The Morgan fingerprint density at radius 1 is 1.04 bits per heavy atom. The molecule has 0 spiro atoms. The fraction of sp³-hybridized carbons (Fsp3) is 0.263. The molecular formula is C19H21NO3. The number of hydrogen-bond donors (Lipinski definition) is 0. The summed E-state index contributed by atoms with van der Waals surface area (Å²) in [6, 6.07) is 14.9. The average molecular weight is 311 g/mol. The summed E-state index contributed by atoms with van der Waals surface area (Å²) in [6.45, 7) is 4.27. The molecule has 0 N–H and O–H groups in total. The van der Waals surface area contributed by atoms with Crippen molar-refractivity contribution in [1.29, 1.82) is 0 Å². The summed E-state index contributed by atoms with van der Waals surface area (Å²) in [4.78, 5) is 15.3. The monoisotopic (exact) mass is 311 g/mol. The van der Waals surface area contributed by atoms with Crippen LogP contribution in [0.25, 0.3) is 0 Å². The summed E-state index contributed by atoms with van der Waals surface area (Å²) >= 11 is 0. The normalized spacial score (nSPS) is 10.7. The molecule has 0 aliphatic rings. The molecule has 2 aromatic carbocycles. The van der Waals surface area contributed by atoms with Gasteiger partial charge in [-0.25, -0.2) is 0 Å². The molecule has 0 unspecified atom stereocenters. The van der Waals surface area contributed by atoms with Crippen LogP contribution in [0, 0.1) is 0 Å². The summed E-state index contributed by atoms with van der Waals surface area (Å²) in [5.41, 5.74) is 1.79. The number of rotatable bonds is 7. The van der Waals surface area contributed by atoms with Gasteiger partial charge in [0.2, 0.25) is 0 Å². The molecule has 23 heavy (non-hydrogen) atoms. The highest BCUT2D eigenvalue weighted by Gasteiger charge is 1.98. The first-order chi connectivity index (χ1) is 11.2. The molecule has 0 atom stereocenters. The van der Waals surface area contributed by atoms with Crippen molar-refractivity contribution in [2.24, 2.45) is 4.99 Å². The van der Waals surface area contributed by atoms with Gasteiger partial charge in [0.05, 0.1) is 12.3 Å². The molecule has 0 aliphatic heterocycles. The number of carbonyl (C=O) groups is 1. The lowest BCUT2D eigenvalue weighted by Gasteiger charge is -2.05. The minimum absolute atomic E-state index is 0.331. The summed E-state index contributed by atoms with van der Waals surface area (Å²) < 4.78 is 10.6. The molecule has 4 nitrogen and oxygen atoms in total. The van der Waals surface area contributed by atoms with Crippen molar-refractivity contribution in [1.82, 2.24) is 0 Å². The number of esters is 1. The second-order valence-electron chi connectivity index (χ2n) is 5.12. The van der Waals surface area contributed by atoms with E-state index in [1.54, 1.807) is 30.5 Å². The molecule has 2 rings (SSSR count). The number of ether oxygens (including phenoxy) is 2. The Labute approximate surface area is 136 Å². The van der Waals surface area contributed by atoms with Crippen LogP contribution in [-0.4, -0.2) is 18.8 Å². The number of nitrogens with zero attached hydrogens (tertiary/aromatic N) is 1. The Kier molecular flexibility index (Phi) is 6.36. The van der Waals surface area contributed by atoms with Crippen LogP contribution in [0.5, 0.6) is 11.5 Å². The smallest absolute Gasteiger partial charge is 0.308 e. The maximum atomic E-state index is 10.9. The van der Waals surface area contributed by atoms with E-state index in [9.17, 15) is 4.79 Å². The van der Waals surface area contributed by atoms with Crippen LogP contribution in [0.3, 0.4) is 0 Å². The van der Waals surface area contributed by atoms with Crippen LogP contribution in [0.4, 0.5) is 5.69 Å². The van der Waals surface area contributed by atoms with Crippen molar-refractivity contribution in [3.8, 4) is 11.5 Å². The lowest BCUT2D eigenvalue weighted by molar-refractivity contribution is -0.131. The zero-order valence-corrected chi connectivity index (χ0v) is 13.5. The maximum Gasteiger partial charge on any atom is 0.308 e. The Bertz CT molecular complexity index is 645. The molecule has 2 aromatic rings. The standard InChI is InChI=1S/C19H21NO3/c1-3-4-13-22-18-9-5-16(6-10-18)14-20-17-7-11-19(12-8-17)23-15(2)21/h5-12,14H,3-4,13H2,1-2H3. The zero-order chi connectivity index (χ0) is 16.5. The van der Waals surface area contributed by atoms with Gasteiger partial charge in [-0.2, -0.15) is 0 Å². The molecule has 0 fully saturated rings. The highest BCUT2D eigenvalue weighted by molar-refractivity contribution is 5.82. The van der Waals surface area contributed by atoms with Gasteiger partial charge in [-0.3, -0.25) is 9.79 Å². The molecule has 0 heterocycles. The van der Waals surface area contributed by atoms with Crippen molar-refractivity contribution in [3.05, 3.63) is 54.1 Å². The number of carbonyl (C=O) groups excluding carboxylic acids is 1. The lowest BCUT2D eigenvalue weighted by Crippen LogP contribution is -2.00. The van der Waals surface area contributed by atoms with E-state index in [1.165, 1.54) is 6.92 Å². The second-order valence-corrected chi connectivity index (χ2v) is 5.12. The third-order valence-electron chi connectivity index (χ3n) is 3.11. The van der Waals surface area contributed by atoms with E-state index in [-0.39, 0.29) is 5.97 Å². The largest absolute Gasteiger partial charge is 0.494 e. The fourth-order valence-electron chi connectivity index (χ4n) is 1.90. The minimum Gasteiger partial charge on any atom is -0.494 e. The number of unbranched alkanes of at least 4 members (excludes halogenated alkanes) is 1. The van der Waals surface area contributed by atoms with E-state index in [1.807, 2.05) is 24.3 Å². The summed E-state index contributed by atoms with van der Waals surface area (Å²) in [7, 11) is 0. The van der Waals surface area contributed by atoms with Gasteiger partial charge < -0.3 is 9.47 Å². The van der Waals surface area contributed by atoms with E-state index in [0.29, 0.717) is 5.75 Å². The van der Waals surface area contributed by atoms with E-state index in [0.717, 1.165) is 36.4 Å². The SMILES string of the molecule is CCCCOc1ccc(C=Nc2ccc(OC(C)=O)cc2)cc1. The Morgan fingerprint density at radius 2 is 1.70 bits per heavy atom. The maximum absolute atomic E-state index is 10.9. The van der Waals surface area contributed by atoms with Crippen LogP contribution in [0.2, 0.25) is 0 Å². The molecule has 0 saturated carbocycles. The number of benzene rings is 2. The Hall–Kier alpha value is -2.62. The van der Waals surface area contributed by atoms with Crippen LogP contribution < -0.4 is 9.47 Å². The Balaban J connectivity index is 1.93. The van der Waals surface area contributed by atoms with Gasteiger partial charge in [0, 0.05) is 13.1 Å². The van der Waals surface area contributed by atoms with Crippen molar-refractivity contribution in [2.75, 3.05) is 6.61 Å². The number of hydrogen-bond acceptors (Lipinski definition) is 4. The second kappa shape index (κ2) is 8.73. The highest BCUT2D eigenvalue weighted by atomic mass is 16.5. The van der Waals surface area contributed by atoms with Gasteiger partial charge in [-0.15, -0.1) is 0 Å². The van der Waals surface area contributed by atoms with Crippen molar-refractivity contribution in [3.63, 3.8) is 0 Å². The van der Waals surface area contributed by atoms with Crippen molar-refractivity contribution < 1.29 is 14.3 Å². The molecule has 0 bridgehead atoms.